The van der Waals surface area contributed by atoms with Crippen molar-refractivity contribution in [2.24, 2.45) is 23.2 Å². The minimum absolute atomic E-state index is 0.512. The second-order valence-corrected chi connectivity index (χ2v) is 8.44. The molecule has 0 aromatic carbocycles. The summed E-state index contributed by atoms with van der Waals surface area (Å²) >= 11 is 0. The van der Waals surface area contributed by atoms with Crippen LogP contribution in [0.1, 0.15) is 60.3 Å². The lowest BCUT2D eigenvalue weighted by Gasteiger charge is -2.38. The Morgan fingerprint density at radius 3 is 2.20 bits per heavy atom. The average Bonchev–Trinajstić information content (AvgIpc) is 2.34. The highest BCUT2D eigenvalue weighted by Gasteiger charge is 2.29. The van der Waals surface area contributed by atoms with Gasteiger partial charge in [0.15, 0.2) is 0 Å². The summed E-state index contributed by atoms with van der Waals surface area (Å²) in [5.74, 6) is 2.63. The van der Waals surface area contributed by atoms with Crippen LogP contribution in [0.2, 0.25) is 0 Å². The van der Waals surface area contributed by atoms with Crippen molar-refractivity contribution in [3.63, 3.8) is 0 Å². The molecular formula is C18H38N2. The summed E-state index contributed by atoms with van der Waals surface area (Å²) in [4.78, 5) is 2.52. The van der Waals surface area contributed by atoms with Crippen LogP contribution in [0.5, 0.6) is 0 Å². The second-order valence-electron chi connectivity index (χ2n) is 8.44. The fourth-order valence-corrected chi connectivity index (χ4v) is 3.40. The average molecular weight is 283 g/mol. The van der Waals surface area contributed by atoms with Gasteiger partial charge in [0.05, 0.1) is 0 Å². The SMILES string of the molecule is CC(C)CNCCN(C)CC1CCC(C(C)(C)C)CC1. The zero-order valence-electron chi connectivity index (χ0n) is 14.8. The number of hydrogen-bond acceptors (Lipinski definition) is 2. The van der Waals surface area contributed by atoms with Gasteiger partial charge in [0.2, 0.25) is 0 Å². The third-order valence-corrected chi connectivity index (χ3v) is 4.86. The molecule has 1 N–H and O–H groups in total. The van der Waals surface area contributed by atoms with E-state index in [1.807, 2.05) is 0 Å². The van der Waals surface area contributed by atoms with Crippen LogP contribution < -0.4 is 5.32 Å². The molecule has 2 nitrogen and oxygen atoms in total. The van der Waals surface area contributed by atoms with Crippen LogP contribution in [-0.2, 0) is 0 Å². The first-order valence-electron chi connectivity index (χ1n) is 8.68. The minimum Gasteiger partial charge on any atom is -0.315 e. The summed E-state index contributed by atoms with van der Waals surface area (Å²) in [7, 11) is 2.28. The maximum absolute atomic E-state index is 3.54. The minimum atomic E-state index is 0.512. The molecule has 0 amide bonds. The molecule has 0 saturated heterocycles. The van der Waals surface area contributed by atoms with Crippen molar-refractivity contribution in [2.75, 3.05) is 33.2 Å². The van der Waals surface area contributed by atoms with Crippen molar-refractivity contribution in [2.45, 2.75) is 60.3 Å². The number of nitrogens with one attached hydrogen (secondary N) is 1. The van der Waals surface area contributed by atoms with E-state index in [4.69, 9.17) is 0 Å². The third-order valence-electron chi connectivity index (χ3n) is 4.86. The zero-order valence-corrected chi connectivity index (χ0v) is 14.8. The van der Waals surface area contributed by atoms with Gasteiger partial charge in [-0.25, -0.2) is 0 Å². The van der Waals surface area contributed by atoms with E-state index >= 15 is 0 Å². The Bertz CT molecular complexity index is 247. The van der Waals surface area contributed by atoms with Crippen molar-refractivity contribution < 1.29 is 0 Å². The van der Waals surface area contributed by atoms with Crippen LogP contribution in [0.15, 0.2) is 0 Å². The predicted molar refractivity (Wildman–Crippen MR) is 90.1 cm³/mol. The number of rotatable bonds is 7. The van der Waals surface area contributed by atoms with Gasteiger partial charge >= 0.3 is 0 Å². The Labute approximate surface area is 127 Å². The Balaban J connectivity index is 2.13. The molecule has 2 heteroatoms. The summed E-state index contributed by atoms with van der Waals surface area (Å²) < 4.78 is 0. The molecule has 1 saturated carbocycles. The summed E-state index contributed by atoms with van der Waals surface area (Å²) in [5.41, 5.74) is 0.512. The van der Waals surface area contributed by atoms with Crippen molar-refractivity contribution in [1.29, 1.82) is 0 Å². The third kappa shape index (κ3) is 7.08. The molecule has 1 aliphatic carbocycles. The fraction of sp³-hybridized carbons (Fsp3) is 1.00. The number of likely N-dealkylation sites (N-methyl/N-ethyl adjacent to an activating group) is 1. The maximum Gasteiger partial charge on any atom is 0.0104 e. The molecule has 0 aromatic heterocycles. The van der Waals surface area contributed by atoms with E-state index in [9.17, 15) is 0 Å². The highest BCUT2D eigenvalue weighted by Crippen LogP contribution is 2.39. The predicted octanol–water partition coefficient (Wildman–Crippen LogP) is 4.02. The zero-order chi connectivity index (χ0) is 15.2. The highest BCUT2D eigenvalue weighted by molar-refractivity contribution is 4.81. The van der Waals surface area contributed by atoms with Crippen LogP contribution in [0, 0.1) is 23.2 Å². The van der Waals surface area contributed by atoms with Gasteiger partial charge in [-0.3, -0.25) is 0 Å². The van der Waals surface area contributed by atoms with Gasteiger partial charge < -0.3 is 10.2 Å². The van der Waals surface area contributed by atoms with Gasteiger partial charge in [-0.2, -0.15) is 0 Å². The molecule has 0 unspecified atom stereocenters. The number of nitrogens with zero attached hydrogens (tertiary/aromatic N) is 1. The second kappa shape index (κ2) is 8.38. The highest BCUT2D eigenvalue weighted by atomic mass is 15.1. The molecule has 0 atom stereocenters. The first-order chi connectivity index (χ1) is 9.29. The molecule has 20 heavy (non-hydrogen) atoms. The molecule has 0 bridgehead atoms. The van der Waals surface area contributed by atoms with Crippen LogP contribution in [0.25, 0.3) is 0 Å². The first-order valence-corrected chi connectivity index (χ1v) is 8.68. The molecule has 0 aliphatic heterocycles. The van der Waals surface area contributed by atoms with Crippen LogP contribution in [0.4, 0.5) is 0 Å². The molecule has 1 fully saturated rings. The normalized spacial score (nSPS) is 24.6. The van der Waals surface area contributed by atoms with Gasteiger partial charge in [0.25, 0.3) is 0 Å². The first kappa shape index (κ1) is 18.0. The summed E-state index contributed by atoms with van der Waals surface area (Å²) in [6, 6.07) is 0. The Hall–Kier alpha value is -0.0800. The van der Waals surface area contributed by atoms with Crippen LogP contribution >= 0.6 is 0 Å². The van der Waals surface area contributed by atoms with Gasteiger partial charge in [0, 0.05) is 19.6 Å². The van der Waals surface area contributed by atoms with Crippen molar-refractivity contribution in [3.05, 3.63) is 0 Å². The Morgan fingerprint density at radius 1 is 1.10 bits per heavy atom. The summed E-state index contributed by atoms with van der Waals surface area (Å²) in [6.45, 7) is 16.5. The van der Waals surface area contributed by atoms with Gasteiger partial charge in [-0.05, 0) is 62.4 Å². The van der Waals surface area contributed by atoms with E-state index in [0.717, 1.165) is 30.8 Å². The van der Waals surface area contributed by atoms with Crippen molar-refractivity contribution in [3.8, 4) is 0 Å². The van der Waals surface area contributed by atoms with Crippen molar-refractivity contribution in [1.82, 2.24) is 10.2 Å². The van der Waals surface area contributed by atoms with Gasteiger partial charge in [-0.1, -0.05) is 34.6 Å². The molecule has 0 heterocycles. The quantitative estimate of drug-likeness (QED) is 0.710. The van der Waals surface area contributed by atoms with Crippen molar-refractivity contribution >= 4 is 0 Å². The molecule has 1 rings (SSSR count). The molecular weight excluding hydrogens is 244 g/mol. The molecule has 0 spiro atoms. The monoisotopic (exact) mass is 282 g/mol. The van der Waals surface area contributed by atoms with Crippen LogP contribution in [0.3, 0.4) is 0 Å². The summed E-state index contributed by atoms with van der Waals surface area (Å²) in [6.07, 6.45) is 5.75. The lowest BCUT2D eigenvalue weighted by molar-refractivity contribution is 0.131. The Morgan fingerprint density at radius 2 is 1.70 bits per heavy atom. The maximum atomic E-state index is 3.54. The lowest BCUT2D eigenvalue weighted by Crippen LogP contribution is -2.35. The summed E-state index contributed by atoms with van der Waals surface area (Å²) in [5, 5.41) is 3.54. The molecule has 0 radical (unpaired) electrons. The molecule has 1 aliphatic rings. The lowest BCUT2D eigenvalue weighted by atomic mass is 9.70. The molecule has 0 aromatic rings. The van der Waals surface area contributed by atoms with E-state index in [2.05, 4.69) is 51.9 Å². The topological polar surface area (TPSA) is 15.3 Å². The molecule has 120 valence electrons. The van der Waals surface area contributed by atoms with Crippen LogP contribution in [-0.4, -0.2) is 38.1 Å². The van der Waals surface area contributed by atoms with E-state index < -0.39 is 0 Å². The van der Waals surface area contributed by atoms with Gasteiger partial charge in [-0.15, -0.1) is 0 Å². The number of hydrogen-bond donors (Lipinski definition) is 1. The van der Waals surface area contributed by atoms with E-state index in [-0.39, 0.29) is 0 Å². The smallest absolute Gasteiger partial charge is 0.0104 e. The van der Waals surface area contributed by atoms with Gasteiger partial charge in [0.1, 0.15) is 0 Å². The largest absolute Gasteiger partial charge is 0.315 e. The standard InChI is InChI=1S/C18H38N2/c1-15(2)13-19-11-12-20(6)14-16-7-9-17(10-8-16)18(3,4)5/h15-17,19H,7-14H2,1-6H3. The van der Waals surface area contributed by atoms with E-state index in [1.54, 1.807) is 0 Å². The van der Waals surface area contributed by atoms with E-state index in [0.29, 0.717) is 5.41 Å². The fourth-order valence-electron chi connectivity index (χ4n) is 3.40. The Kier molecular flexibility index (Phi) is 7.53. The van der Waals surface area contributed by atoms with E-state index in [1.165, 1.54) is 38.8 Å².